The molecule has 0 saturated carbocycles. The molecule has 2 unspecified atom stereocenters. The highest BCUT2D eigenvalue weighted by atomic mass is 15.2. The van der Waals surface area contributed by atoms with Crippen LogP contribution in [0, 0.1) is 5.41 Å². The minimum atomic E-state index is -0.154. The number of benzene rings is 2. The highest BCUT2D eigenvalue weighted by Gasteiger charge is 2.52. The molecule has 0 radical (unpaired) electrons. The Bertz CT molecular complexity index is 650. The van der Waals surface area contributed by atoms with Crippen molar-refractivity contribution in [1.29, 1.82) is 0 Å². The van der Waals surface area contributed by atoms with Gasteiger partial charge in [0.25, 0.3) is 0 Å². The predicted molar refractivity (Wildman–Crippen MR) is 103 cm³/mol. The molecule has 1 fully saturated rings. The van der Waals surface area contributed by atoms with Crippen LogP contribution in [0.5, 0.6) is 0 Å². The fourth-order valence-electron chi connectivity index (χ4n) is 4.41. The van der Waals surface area contributed by atoms with E-state index in [-0.39, 0.29) is 17.0 Å². The molecule has 2 aromatic rings. The minimum Gasteiger partial charge on any atom is -0.360 e. The fraction of sp³-hybridized carbons (Fsp3) is 0.455. The van der Waals surface area contributed by atoms with E-state index in [1.165, 1.54) is 11.3 Å². The zero-order valence-corrected chi connectivity index (χ0v) is 15.2. The first-order valence-corrected chi connectivity index (χ1v) is 9.16. The largest absolute Gasteiger partial charge is 0.360 e. The van der Waals surface area contributed by atoms with Crippen molar-refractivity contribution >= 4 is 5.69 Å². The maximum Gasteiger partial charge on any atom is 0.0809 e. The van der Waals surface area contributed by atoms with Crippen molar-refractivity contribution in [1.82, 2.24) is 0 Å². The number of rotatable bonds is 4. The second kappa shape index (κ2) is 6.60. The monoisotopic (exact) mass is 322 g/mol. The SMILES string of the molecule is CCCC1(c2ccccc2)C(N)C(C)(C)CCN1c1ccccc1. The second-order valence-electron chi connectivity index (χ2n) is 7.74. The van der Waals surface area contributed by atoms with Gasteiger partial charge in [-0.05, 0) is 36.0 Å². The fourth-order valence-corrected chi connectivity index (χ4v) is 4.41. The summed E-state index contributed by atoms with van der Waals surface area (Å²) in [6.45, 7) is 7.96. The van der Waals surface area contributed by atoms with Gasteiger partial charge in [0, 0.05) is 18.3 Å². The van der Waals surface area contributed by atoms with Crippen molar-refractivity contribution in [2.24, 2.45) is 11.1 Å². The van der Waals surface area contributed by atoms with Gasteiger partial charge in [-0.2, -0.15) is 0 Å². The molecule has 0 spiro atoms. The lowest BCUT2D eigenvalue weighted by Gasteiger charge is -2.58. The molecule has 2 heteroatoms. The molecule has 128 valence electrons. The van der Waals surface area contributed by atoms with Crippen molar-refractivity contribution in [3.63, 3.8) is 0 Å². The topological polar surface area (TPSA) is 29.3 Å². The third-order valence-electron chi connectivity index (χ3n) is 5.79. The van der Waals surface area contributed by atoms with Gasteiger partial charge in [0.15, 0.2) is 0 Å². The number of piperidine rings is 1. The van der Waals surface area contributed by atoms with Crippen LogP contribution in [0.15, 0.2) is 60.7 Å². The van der Waals surface area contributed by atoms with Crippen molar-refractivity contribution in [3.8, 4) is 0 Å². The molecule has 2 N–H and O–H groups in total. The standard InChI is InChI=1S/C22H30N2/c1-4-15-22(18-11-7-5-8-12-18)20(23)21(2,3)16-17-24(22)19-13-9-6-10-14-19/h5-14,20H,4,15-17,23H2,1-3H3. The number of hydrogen-bond acceptors (Lipinski definition) is 2. The zero-order chi connectivity index (χ0) is 17.2. The molecule has 1 aliphatic heterocycles. The Kier molecular flexibility index (Phi) is 4.69. The molecule has 1 saturated heterocycles. The van der Waals surface area contributed by atoms with Crippen LogP contribution in [0.3, 0.4) is 0 Å². The van der Waals surface area contributed by atoms with Gasteiger partial charge < -0.3 is 10.6 Å². The molecule has 1 heterocycles. The van der Waals surface area contributed by atoms with Gasteiger partial charge in [-0.1, -0.05) is 75.7 Å². The van der Waals surface area contributed by atoms with Crippen LogP contribution >= 0.6 is 0 Å². The highest BCUT2D eigenvalue weighted by molar-refractivity contribution is 5.53. The first-order chi connectivity index (χ1) is 11.5. The Morgan fingerprint density at radius 3 is 2.17 bits per heavy atom. The van der Waals surface area contributed by atoms with Gasteiger partial charge in [0.05, 0.1) is 5.54 Å². The lowest BCUT2D eigenvalue weighted by atomic mass is 9.63. The summed E-state index contributed by atoms with van der Waals surface area (Å²) in [5.74, 6) is 0. The van der Waals surface area contributed by atoms with E-state index in [1.54, 1.807) is 0 Å². The van der Waals surface area contributed by atoms with E-state index in [1.807, 2.05) is 0 Å². The molecule has 2 nitrogen and oxygen atoms in total. The van der Waals surface area contributed by atoms with E-state index in [2.05, 4.69) is 86.3 Å². The summed E-state index contributed by atoms with van der Waals surface area (Å²) < 4.78 is 0. The van der Waals surface area contributed by atoms with Crippen LogP contribution < -0.4 is 10.6 Å². The molecule has 3 rings (SSSR count). The Balaban J connectivity index is 2.20. The van der Waals surface area contributed by atoms with E-state index >= 15 is 0 Å². The van der Waals surface area contributed by atoms with E-state index in [0.29, 0.717) is 0 Å². The lowest BCUT2D eigenvalue weighted by molar-refractivity contribution is 0.114. The number of hydrogen-bond donors (Lipinski definition) is 1. The van der Waals surface area contributed by atoms with Crippen LogP contribution in [0.25, 0.3) is 0 Å². The van der Waals surface area contributed by atoms with Gasteiger partial charge in [0.2, 0.25) is 0 Å². The zero-order valence-electron chi connectivity index (χ0n) is 15.2. The first kappa shape index (κ1) is 17.0. The van der Waals surface area contributed by atoms with E-state index in [4.69, 9.17) is 5.73 Å². The smallest absolute Gasteiger partial charge is 0.0809 e. The van der Waals surface area contributed by atoms with E-state index in [0.717, 1.165) is 25.8 Å². The Labute approximate surface area is 146 Å². The molecular formula is C22H30N2. The summed E-state index contributed by atoms with van der Waals surface area (Å²) in [6.07, 6.45) is 3.29. The molecule has 0 aliphatic carbocycles. The second-order valence-corrected chi connectivity index (χ2v) is 7.74. The van der Waals surface area contributed by atoms with Crippen LogP contribution in [-0.2, 0) is 5.54 Å². The molecule has 24 heavy (non-hydrogen) atoms. The number of nitrogens with zero attached hydrogens (tertiary/aromatic N) is 1. The Morgan fingerprint density at radius 1 is 1.00 bits per heavy atom. The van der Waals surface area contributed by atoms with E-state index < -0.39 is 0 Å². The number of nitrogens with two attached hydrogens (primary N) is 1. The van der Waals surface area contributed by atoms with Crippen LogP contribution in [0.2, 0.25) is 0 Å². The maximum absolute atomic E-state index is 7.00. The summed E-state index contributed by atoms with van der Waals surface area (Å²) in [5, 5.41) is 0. The third kappa shape index (κ3) is 2.73. The van der Waals surface area contributed by atoms with Gasteiger partial charge in [-0.3, -0.25) is 0 Å². The summed E-state index contributed by atoms with van der Waals surface area (Å²) >= 11 is 0. The van der Waals surface area contributed by atoms with Crippen molar-refractivity contribution in [3.05, 3.63) is 66.2 Å². The molecule has 0 aromatic heterocycles. The summed E-state index contributed by atoms with van der Waals surface area (Å²) in [7, 11) is 0. The van der Waals surface area contributed by atoms with Gasteiger partial charge in [-0.15, -0.1) is 0 Å². The first-order valence-electron chi connectivity index (χ1n) is 9.16. The minimum absolute atomic E-state index is 0.0845. The number of para-hydroxylation sites is 1. The molecule has 2 aromatic carbocycles. The van der Waals surface area contributed by atoms with E-state index in [9.17, 15) is 0 Å². The van der Waals surface area contributed by atoms with Crippen molar-refractivity contribution < 1.29 is 0 Å². The molecule has 2 atom stereocenters. The molecule has 1 aliphatic rings. The molecule has 0 amide bonds. The van der Waals surface area contributed by atoms with Crippen LogP contribution in [-0.4, -0.2) is 12.6 Å². The normalized spacial score (nSPS) is 26.3. The van der Waals surface area contributed by atoms with Gasteiger partial charge in [-0.25, -0.2) is 0 Å². The molecule has 0 bridgehead atoms. The lowest BCUT2D eigenvalue weighted by Crippen LogP contribution is -2.67. The third-order valence-corrected chi connectivity index (χ3v) is 5.79. The Hall–Kier alpha value is -1.80. The van der Waals surface area contributed by atoms with Gasteiger partial charge >= 0.3 is 0 Å². The summed E-state index contributed by atoms with van der Waals surface area (Å²) in [5.41, 5.74) is 9.59. The average Bonchev–Trinajstić information content (AvgIpc) is 2.61. The Morgan fingerprint density at radius 2 is 1.58 bits per heavy atom. The molecular weight excluding hydrogens is 292 g/mol. The quantitative estimate of drug-likeness (QED) is 0.863. The van der Waals surface area contributed by atoms with Crippen molar-refractivity contribution in [2.45, 2.75) is 51.6 Å². The summed E-state index contributed by atoms with van der Waals surface area (Å²) in [6, 6.07) is 21.8. The summed E-state index contributed by atoms with van der Waals surface area (Å²) in [4.78, 5) is 2.57. The van der Waals surface area contributed by atoms with Crippen LogP contribution in [0.1, 0.15) is 45.6 Å². The van der Waals surface area contributed by atoms with Crippen LogP contribution in [0.4, 0.5) is 5.69 Å². The number of anilines is 1. The van der Waals surface area contributed by atoms with Gasteiger partial charge in [0.1, 0.15) is 0 Å². The highest BCUT2D eigenvalue weighted by Crippen LogP contribution is 2.49. The maximum atomic E-state index is 7.00. The predicted octanol–water partition coefficient (Wildman–Crippen LogP) is 4.95. The van der Waals surface area contributed by atoms with Crippen molar-refractivity contribution in [2.75, 3.05) is 11.4 Å². The average molecular weight is 322 g/mol.